The average Bonchev–Trinajstić information content (AvgIpc) is 2.30. The van der Waals surface area contributed by atoms with Crippen LogP contribution >= 0.6 is 0 Å². The van der Waals surface area contributed by atoms with E-state index in [1.165, 1.54) is 24.9 Å². The molecule has 88 valence electrons. The Bertz CT molecular complexity index is 330. The zero-order valence-corrected chi connectivity index (χ0v) is 10.2. The largest absolute Gasteiger partial charge is 0.380 e. The van der Waals surface area contributed by atoms with Crippen molar-refractivity contribution in [1.29, 1.82) is 0 Å². The van der Waals surface area contributed by atoms with Crippen molar-refractivity contribution in [3.05, 3.63) is 18.3 Å². The first-order valence-corrected chi connectivity index (χ1v) is 6.24. The fourth-order valence-corrected chi connectivity index (χ4v) is 2.18. The van der Waals surface area contributed by atoms with Crippen LogP contribution in [0, 0.1) is 0 Å². The van der Waals surface area contributed by atoms with E-state index in [2.05, 4.69) is 35.1 Å². The first kappa shape index (κ1) is 11.2. The van der Waals surface area contributed by atoms with Crippen LogP contribution in [0.15, 0.2) is 18.3 Å². The van der Waals surface area contributed by atoms with Crippen molar-refractivity contribution in [1.82, 2.24) is 4.98 Å². The van der Waals surface area contributed by atoms with Gasteiger partial charge in [0.05, 0.1) is 5.69 Å². The Balaban J connectivity index is 2.17. The number of rotatable bonds is 3. The quantitative estimate of drug-likeness (QED) is 0.847. The molecule has 0 aromatic carbocycles. The molecule has 1 aromatic rings. The van der Waals surface area contributed by atoms with Gasteiger partial charge in [0, 0.05) is 25.3 Å². The van der Waals surface area contributed by atoms with Crippen LogP contribution in [0.25, 0.3) is 0 Å². The van der Waals surface area contributed by atoms with Gasteiger partial charge >= 0.3 is 0 Å². The van der Waals surface area contributed by atoms with Gasteiger partial charge in [0.15, 0.2) is 5.82 Å². The molecule has 0 unspecified atom stereocenters. The van der Waals surface area contributed by atoms with Crippen LogP contribution in [-0.4, -0.2) is 24.1 Å². The fourth-order valence-electron chi connectivity index (χ4n) is 2.18. The van der Waals surface area contributed by atoms with Crippen LogP contribution in [-0.2, 0) is 0 Å². The van der Waals surface area contributed by atoms with E-state index in [0.29, 0.717) is 6.04 Å². The molecule has 0 bridgehead atoms. The lowest BCUT2D eigenvalue weighted by atomic mass is 10.1. The minimum absolute atomic E-state index is 0.452. The van der Waals surface area contributed by atoms with Gasteiger partial charge in [-0.2, -0.15) is 0 Å². The van der Waals surface area contributed by atoms with Gasteiger partial charge in [0.1, 0.15) is 0 Å². The average molecular weight is 219 g/mol. The smallest absolute Gasteiger partial charge is 0.151 e. The van der Waals surface area contributed by atoms with Gasteiger partial charge in [0.2, 0.25) is 0 Å². The third kappa shape index (κ3) is 2.65. The predicted octanol–water partition coefficient (Wildman–Crippen LogP) is 2.89. The molecule has 0 amide bonds. The van der Waals surface area contributed by atoms with Crippen molar-refractivity contribution in [3.63, 3.8) is 0 Å². The molecule has 0 aliphatic carbocycles. The van der Waals surface area contributed by atoms with Gasteiger partial charge in [-0.3, -0.25) is 0 Å². The Labute approximate surface area is 97.9 Å². The SMILES string of the molecule is CC(C)Nc1cccnc1N1CCCCC1. The highest BCUT2D eigenvalue weighted by molar-refractivity contribution is 5.65. The highest BCUT2D eigenvalue weighted by atomic mass is 15.2. The summed E-state index contributed by atoms with van der Waals surface area (Å²) in [6.07, 6.45) is 5.82. The van der Waals surface area contributed by atoms with Crippen molar-refractivity contribution in [3.8, 4) is 0 Å². The van der Waals surface area contributed by atoms with Gasteiger partial charge in [-0.05, 0) is 45.2 Å². The molecule has 0 saturated carbocycles. The van der Waals surface area contributed by atoms with Crippen LogP contribution in [0.4, 0.5) is 11.5 Å². The Hall–Kier alpha value is -1.25. The maximum Gasteiger partial charge on any atom is 0.151 e. The summed E-state index contributed by atoms with van der Waals surface area (Å²) in [5.74, 6) is 1.12. The van der Waals surface area contributed by atoms with Gasteiger partial charge in [0.25, 0.3) is 0 Å². The summed E-state index contributed by atoms with van der Waals surface area (Å²) in [6, 6.07) is 4.57. The van der Waals surface area contributed by atoms with Gasteiger partial charge in [-0.15, -0.1) is 0 Å². The molecular formula is C13H21N3. The topological polar surface area (TPSA) is 28.2 Å². The summed E-state index contributed by atoms with van der Waals surface area (Å²) in [5.41, 5.74) is 1.17. The van der Waals surface area contributed by atoms with Gasteiger partial charge in [-0.1, -0.05) is 0 Å². The standard InChI is InChI=1S/C13H21N3/c1-11(2)15-12-7-6-8-14-13(12)16-9-4-3-5-10-16/h6-8,11,15H,3-5,9-10H2,1-2H3. The number of hydrogen-bond donors (Lipinski definition) is 1. The molecule has 1 aliphatic heterocycles. The maximum absolute atomic E-state index is 4.52. The number of aromatic nitrogens is 1. The lowest BCUT2D eigenvalue weighted by molar-refractivity contribution is 0.573. The number of piperidine rings is 1. The molecule has 1 aromatic heterocycles. The molecule has 1 fully saturated rings. The minimum Gasteiger partial charge on any atom is -0.380 e. The second-order valence-electron chi connectivity index (χ2n) is 4.72. The van der Waals surface area contributed by atoms with E-state index in [0.717, 1.165) is 18.9 Å². The van der Waals surface area contributed by atoms with Gasteiger partial charge in [-0.25, -0.2) is 4.98 Å². The molecule has 3 nitrogen and oxygen atoms in total. The summed E-state index contributed by atoms with van der Waals surface area (Å²) in [4.78, 5) is 6.92. The number of nitrogens with one attached hydrogen (secondary N) is 1. The zero-order chi connectivity index (χ0) is 11.4. The second kappa shape index (κ2) is 5.19. The maximum atomic E-state index is 4.52. The van der Waals surface area contributed by atoms with Crippen LogP contribution < -0.4 is 10.2 Å². The van der Waals surface area contributed by atoms with Crippen molar-refractivity contribution in [2.45, 2.75) is 39.2 Å². The lowest BCUT2D eigenvalue weighted by Gasteiger charge is -2.29. The second-order valence-corrected chi connectivity index (χ2v) is 4.72. The van der Waals surface area contributed by atoms with Crippen molar-refractivity contribution in [2.24, 2.45) is 0 Å². The molecule has 2 rings (SSSR count). The molecule has 1 saturated heterocycles. The summed E-state index contributed by atoms with van der Waals surface area (Å²) >= 11 is 0. The number of anilines is 2. The summed E-state index contributed by atoms with van der Waals surface area (Å²) in [6.45, 7) is 6.60. The first-order chi connectivity index (χ1) is 7.77. The summed E-state index contributed by atoms with van der Waals surface area (Å²) < 4.78 is 0. The Morgan fingerprint density at radius 1 is 1.25 bits per heavy atom. The van der Waals surface area contributed by atoms with E-state index in [-0.39, 0.29) is 0 Å². The van der Waals surface area contributed by atoms with Crippen molar-refractivity contribution in [2.75, 3.05) is 23.3 Å². The Kier molecular flexibility index (Phi) is 3.65. The van der Waals surface area contributed by atoms with E-state index in [9.17, 15) is 0 Å². The number of hydrogen-bond acceptors (Lipinski definition) is 3. The monoisotopic (exact) mass is 219 g/mol. The molecule has 3 heteroatoms. The molecule has 1 N–H and O–H groups in total. The zero-order valence-electron chi connectivity index (χ0n) is 10.2. The lowest BCUT2D eigenvalue weighted by Crippen LogP contribution is -2.31. The first-order valence-electron chi connectivity index (χ1n) is 6.24. The van der Waals surface area contributed by atoms with Gasteiger partial charge < -0.3 is 10.2 Å². The summed E-state index contributed by atoms with van der Waals surface area (Å²) in [5, 5.41) is 3.47. The van der Waals surface area contributed by atoms with E-state index in [1.54, 1.807) is 0 Å². The third-order valence-electron chi connectivity index (χ3n) is 2.89. The number of pyridine rings is 1. The van der Waals surface area contributed by atoms with Crippen LogP contribution in [0.2, 0.25) is 0 Å². The van der Waals surface area contributed by atoms with E-state index < -0.39 is 0 Å². The molecular weight excluding hydrogens is 198 g/mol. The van der Waals surface area contributed by atoms with Crippen molar-refractivity contribution < 1.29 is 0 Å². The van der Waals surface area contributed by atoms with Crippen LogP contribution in [0.3, 0.4) is 0 Å². The molecule has 0 radical (unpaired) electrons. The minimum atomic E-state index is 0.452. The summed E-state index contributed by atoms with van der Waals surface area (Å²) in [7, 11) is 0. The third-order valence-corrected chi connectivity index (χ3v) is 2.89. The van der Waals surface area contributed by atoms with E-state index in [4.69, 9.17) is 0 Å². The van der Waals surface area contributed by atoms with Crippen LogP contribution in [0.5, 0.6) is 0 Å². The van der Waals surface area contributed by atoms with E-state index >= 15 is 0 Å². The van der Waals surface area contributed by atoms with Crippen molar-refractivity contribution >= 4 is 11.5 Å². The molecule has 0 spiro atoms. The predicted molar refractivity (Wildman–Crippen MR) is 69.1 cm³/mol. The molecule has 16 heavy (non-hydrogen) atoms. The molecule has 2 heterocycles. The highest BCUT2D eigenvalue weighted by Crippen LogP contribution is 2.25. The van der Waals surface area contributed by atoms with E-state index in [1.807, 2.05) is 12.3 Å². The molecule has 1 aliphatic rings. The molecule has 0 atom stereocenters. The Morgan fingerprint density at radius 3 is 2.69 bits per heavy atom. The fraction of sp³-hybridized carbons (Fsp3) is 0.615. The normalized spacial score (nSPS) is 16.6. The van der Waals surface area contributed by atoms with Crippen LogP contribution in [0.1, 0.15) is 33.1 Å². The highest BCUT2D eigenvalue weighted by Gasteiger charge is 2.15. The Morgan fingerprint density at radius 2 is 2.00 bits per heavy atom. The number of nitrogens with zero attached hydrogens (tertiary/aromatic N) is 2.